The minimum Gasteiger partial charge on any atom is -0.507 e. The van der Waals surface area contributed by atoms with E-state index >= 15 is 0 Å². The zero-order valence-electron chi connectivity index (χ0n) is 16.3. The van der Waals surface area contributed by atoms with E-state index in [-0.39, 0.29) is 22.7 Å². The molecule has 0 fully saturated rings. The molecule has 2 N–H and O–H groups in total. The lowest BCUT2D eigenvalue weighted by molar-refractivity contribution is 0.0954. The van der Waals surface area contributed by atoms with Crippen LogP contribution in [0.25, 0.3) is 0 Å². The molecule has 1 unspecified atom stereocenters. The van der Waals surface area contributed by atoms with Crippen LogP contribution < -0.4 is 10.3 Å². The maximum atomic E-state index is 14.6. The predicted molar refractivity (Wildman–Crippen MR) is 118 cm³/mol. The number of aromatic hydroxyl groups is 1. The van der Waals surface area contributed by atoms with Crippen molar-refractivity contribution < 1.29 is 14.3 Å². The van der Waals surface area contributed by atoms with E-state index in [1.54, 1.807) is 18.2 Å². The molecule has 0 aliphatic carbocycles. The number of amides is 1. The quantitative estimate of drug-likeness (QED) is 0.371. The third-order valence-electron chi connectivity index (χ3n) is 5.33. The smallest absolute Gasteiger partial charge is 0.271 e. The summed E-state index contributed by atoms with van der Waals surface area (Å²) in [5.74, 6) is -0.547. The number of hydrazone groups is 1. The van der Waals surface area contributed by atoms with Crippen LogP contribution in [0, 0.1) is 9.39 Å². The second kappa shape index (κ2) is 7.69. The molecule has 1 heterocycles. The second-order valence-corrected chi connectivity index (χ2v) is 8.94. The molecule has 0 saturated heterocycles. The zero-order valence-corrected chi connectivity index (χ0v) is 18.4. The van der Waals surface area contributed by atoms with E-state index in [0.717, 1.165) is 17.7 Å². The molecule has 0 aromatic heterocycles. The fourth-order valence-corrected chi connectivity index (χ4v) is 3.92. The molecule has 0 saturated carbocycles. The van der Waals surface area contributed by atoms with Gasteiger partial charge in [0, 0.05) is 29.4 Å². The summed E-state index contributed by atoms with van der Waals surface area (Å²) in [4.78, 5) is 14.3. The van der Waals surface area contributed by atoms with Gasteiger partial charge in [-0.25, -0.2) is 9.82 Å². The molecule has 2 aromatic rings. The monoisotopic (exact) mass is 495 g/mol. The molecule has 2 aromatic carbocycles. The third-order valence-corrected chi connectivity index (χ3v) is 6.24. The molecule has 148 valence electrons. The first-order chi connectivity index (χ1) is 13.1. The Morgan fingerprint density at radius 2 is 2.11 bits per heavy atom. The number of halogens is 2. The number of hydrogen-bond donors (Lipinski definition) is 2. The van der Waals surface area contributed by atoms with Gasteiger partial charge in [0.05, 0.1) is 9.78 Å². The molecule has 7 heteroatoms. The lowest BCUT2D eigenvalue weighted by Gasteiger charge is -2.45. The minimum absolute atomic E-state index is 0.0268. The van der Waals surface area contributed by atoms with E-state index in [4.69, 9.17) is 0 Å². The molecular formula is C21H23FIN3O2. The van der Waals surface area contributed by atoms with Crippen LogP contribution in [0.3, 0.4) is 0 Å². The van der Waals surface area contributed by atoms with E-state index in [1.165, 1.54) is 18.3 Å². The van der Waals surface area contributed by atoms with E-state index in [9.17, 15) is 14.3 Å². The molecule has 3 rings (SSSR count). The highest BCUT2D eigenvalue weighted by atomic mass is 127. The number of carbonyl (C=O) groups excluding carboxylic acids is 1. The first-order valence-electron chi connectivity index (χ1n) is 8.99. The number of benzene rings is 2. The predicted octanol–water partition coefficient (Wildman–Crippen LogP) is 4.62. The summed E-state index contributed by atoms with van der Waals surface area (Å²) in [5, 5.41) is 13.6. The minimum atomic E-state index is -0.476. The van der Waals surface area contributed by atoms with Gasteiger partial charge in [0.1, 0.15) is 11.6 Å². The van der Waals surface area contributed by atoms with Crippen molar-refractivity contribution in [2.75, 3.05) is 11.9 Å². The Morgan fingerprint density at radius 3 is 2.79 bits per heavy atom. The molecule has 0 bridgehead atoms. The first-order valence-corrected chi connectivity index (χ1v) is 10.1. The van der Waals surface area contributed by atoms with Crippen LogP contribution in [0.4, 0.5) is 10.1 Å². The normalized spacial score (nSPS) is 18.2. The van der Waals surface area contributed by atoms with Gasteiger partial charge in [0.25, 0.3) is 5.91 Å². The van der Waals surface area contributed by atoms with E-state index < -0.39 is 5.91 Å². The van der Waals surface area contributed by atoms with Crippen molar-refractivity contribution in [1.82, 2.24) is 5.43 Å². The molecule has 0 spiro atoms. The molecule has 28 heavy (non-hydrogen) atoms. The Hall–Kier alpha value is -2.16. The van der Waals surface area contributed by atoms with Gasteiger partial charge in [-0.1, -0.05) is 6.92 Å². The van der Waals surface area contributed by atoms with Crippen LogP contribution in [-0.4, -0.2) is 29.8 Å². The van der Waals surface area contributed by atoms with Crippen molar-refractivity contribution in [1.29, 1.82) is 0 Å². The maximum Gasteiger partial charge on any atom is 0.271 e. The standard InChI is InChI=1S/C21H23FIN3O2/c1-12-10-21(2,3)26(4)18-9-16(22)14(7-15(12)18)11-24-25-20(28)13-5-6-17(23)19(27)8-13/h5-9,11-12,27H,10H2,1-4H3,(H,25,28)/b24-11-. The summed E-state index contributed by atoms with van der Waals surface area (Å²) in [6.45, 7) is 6.44. The fourth-order valence-electron chi connectivity index (χ4n) is 3.58. The summed E-state index contributed by atoms with van der Waals surface area (Å²) in [6, 6.07) is 7.92. The molecular weight excluding hydrogens is 472 g/mol. The number of hydrogen-bond acceptors (Lipinski definition) is 4. The summed E-state index contributed by atoms with van der Waals surface area (Å²) in [5.41, 5.74) is 4.89. The number of carbonyl (C=O) groups is 1. The highest BCUT2D eigenvalue weighted by molar-refractivity contribution is 14.1. The Morgan fingerprint density at radius 1 is 1.39 bits per heavy atom. The SMILES string of the molecule is CC1CC(C)(C)N(C)c2cc(F)c(/C=N\NC(=O)c3ccc(I)c(O)c3)cc21. The molecule has 1 amide bonds. The number of phenolic OH excluding ortho intramolecular Hbond substituents is 1. The topological polar surface area (TPSA) is 64.9 Å². The third kappa shape index (κ3) is 3.99. The largest absolute Gasteiger partial charge is 0.507 e. The lowest BCUT2D eigenvalue weighted by Crippen LogP contribution is -2.45. The number of anilines is 1. The fraction of sp³-hybridized carbons (Fsp3) is 0.333. The van der Waals surface area contributed by atoms with Crippen molar-refractivity contribution in [3.63, 3.8) is 0 Å². The Kier molecular flexibility index (Phi) is 5.65. The van der Waals surface area contributed by atoms with Crippen LogP contribution in [0.1, 0.15) is 54.6 Å². The average Bonchev–Trinajstić information content (AvgIpc) is 2.62. The highest BCUT2D eigenvalue weighted by Gasteiger charge is 2.34. The van der Waals surface area contributed by atoms with Crippen molar-refractivity contribution >= 4 is 40.4 Å². The van der Waals surface area contributed by atoms with Gasteiger partial charge in [-0.3, -0.25) is 4.79 Å². The maximum absolute atomic E-state index is 14.6. The van der Waals surface area contributed by atoms with E-state index in [1.807, 2.05) is 29.6 Å². The molecule has 1 atom stereocenters. The van der Waals surface area contributed by atoms with Gasteiger partial charge in [-0.05, 0) is 84.7 Å². The van der Waals surface area contributed by atoms with Crippen LogP contribution in [0.5, 0.6) is 5.75 Å². The number of rotatable bonds is 3. The van der Waals surface area contributed by atoms with E-state index in [0.29, 0.717) is 15.1 Å². The zero-order chi connectivity index (χ0) is 20.6. The Labute approximate surface area is 177 Å². The highest BCUT2D eigenvalue weighted by Crippen LogP contribution is 2.43. The van der Waals surface area contributed by atoms with Gasteiger partial charge in [0.2, 0.25) is 0 Å². The van der Waals surface area contributed by atoms with Crippen LogP contribution in [0.15, 0.2) is 35.4 Å². The summed E-state index contributed by atoms with van der Waals surface area (Å²) >= 11 is 1.97. The van der Waals surface area contributed by atoms with Crippen molar-refractivity contribution in [2.24, 2.45) is 5.10 Å². The van der Waals surface area contributed by atoms with Crippen molar-refractivity contribution in [3.05, 3.63) is 56.4 Å². The molecule has 1 aliphatic rings. The number of nitrogens with zero attached hydrogens (tertiary/aromatic N) is 2. The van der Waals surface area contributed by atoms with Crippen molar-refractivity contribution in [3.8, 4) is 5.75 Å². The van der Waals surface area contributed by atoms with Crippen LogP contribution >= 0.6 is 22.6 Å². The first kappa shape index (κ1) is 20.6. The average molecular weight is 495 g/mol. The van der Waals surface area contributed by atoms with Crippen molar-refractivity contribution in [2.45, 2.75) is 38.6 Å². The molecule has 1 aliphatic heterocycles. The summed E-state index contributed by atoms with van der Waals surface area (Å²) in [6.07, 6.45) is 2.28. The summed E-state index contributed by atoms with van der Waals surface area (Å²) in [7, 11) is 1.98. The Bertz CT molecular complexity index is 959. The number of nitrogens with one attached hydrogen (secondary N) is 1. The molecule has 5 nitrogen and oxygen atoms in total. The van der Waals surface area contributed by atoms with Gasteiger partial charge >= 0.3 is 0 Å². The van der Waals surface area contributed by atoms with Crippen LogP contribution in [-0.2, 0) is 0 Å². The van der Waals surface area contributed by atoms with Crippen LogP contribution in [0.2, 0.25) is 0 Å². The Balaban J connectivity index is 1.80. The number of fused-ring (bicyclic) bond motifs is 1. The van der Waals surface area contributed by atoms with E-state index in [2.05, 4.69) is 36.2 Å². The lowest BCUT2D eigenvalue weighted by atomic mass is 9.80. The molecule has 0 radical (unpaired) electrons. The van der Waals surface area contributed by atoms with Gasteiger partial charge in [-0.15, -0.1) is 0 Å². The second-order valence-electron chi connectivity index (χ2n) is 7.77. The number of phenols is 1. The van der Waals surface area contributed by atoms with Gasteiger partial charge < -0.3 is 10.0 Å². The van der Waals surface area contributed by atoms with Gasteiger partial charge in [0.15, 0.2) is 0 Å². The van der Waals surface area contributed by atoms with Gasteiger partial charge in [-0.2, -0.15) is 5.10 Å². The summed E-state index contributed by atoms with van der Waals surface area (Å²) < 4.78 is 15.3.